The highest BCUT2D eigenvalue weighted by Gasteiger charge is 2.24. The van der Waals surface area contributed by atoms with Gasteiger partial charge in [0.2, 0.25) is 0 Å². The van der Waals surface area contributed by atoms with Crippen molar-refractivity contribution >= 4 is 33.7 Å². The van der Waals surface area contributed by atoms with E-state index >= 15 is 0 Å². The maximum Gasteiger partial charge on any atom is 0.130 e. The summed E-state index contributed by atoms with van der Waals surface area (Å²) in [6, 6.07) is 46.1. The Balaban J connectivity index is 1.45. The van der Waals surface area contributed by atoms with Gasteiger partial charge in [0.25, 0.3) is 0 Å². The smallest absolute Gasteiger partial charge is 0.130 e. The Labute approximate surface area is 360 Å². The number of hydrogen-bond donors (Lipinski definition) is 4. The van der Waals surface area contributed by atoms with Gasteiger partial charge < -0.3 is 48.7 Å². The van der Waals surface area contributed by atoms with Gasteiger partial charge in [-0.15, -0.1) is 0 Å². The molecule has 0 unspecified atom stereocenters. The minimum Gasteiger partial charge on any atom is -0.496 e. The maximum atomic E-state index is 6.06. The fraction of sp³-hybridized carbons (Fsp3) is 0.154. The lowest BCUT2D eigenvalue weighted by Gasteiger charge is -2.16. The lowest BCUT2D eigenvalue weighted by Crippen LogP contribution is -2.19. The number of aromatic amines is 4. The van der Waals surface area contributed by atoms with Crippen molar-refractivity contribution in [1.29, 1.82) is 0 Å². The Hall–Kier alpha value is -7.72. The van der Waals surface area contributed by atoms with Crippen molar-refractivity contribution in [3.05, 3.63) is 200 Å². The first-order chi connectivity index (χ1) is 30.2. The van der Waals surface area contributed by atoms with Gasteiger partial charge in [0.05, 0.1) is 39.6 Å². The Bertz CT molecular complexity index is 2920. The molecule has 1 aliphatic heterocycles. The number of aromatic nitrogens is 4. The van der Waals surface area contributed by atoms with Gasteiger partial charge >= 0.3 is 0 Å². The van der Waals surface area contributed by atoms with Crippen molar-refractivity contribution in [2.75, 3.05) is 66.4 Å². The van der Waals surface area contributed by atoms with E-state index in [0.29, 0.717) is 23.0 Å². The summed E-state index contributed by atoms with van der Waals surface area (Å²) < 4.78 is 24.2. The minimum atomic E-state index is 0.686. The van der Waals surface area contributed by atoms with Crippen molar-refractivity contribution in [2.45, 2.75) is 0 Å². The monoisotopic (exact) mass is 822 g/mol. The highest BCUT2D eigenvalue weighted by Crippen LogP contribution is 2.39. The molecule has 8 aromatic rings. The van der Waals surface area contributed by atoms with Gasteiger partial charge in [0, 0.05) is 106 Å². The first-order valence-electron chi connectivity index (χ1n) is 20.5. The van der Waals surface area contributed by atoms with Crippen LogP contribution in [0.15, 0.2) is 133 Å². The number of nitrogens with zero attached hydrogens (tertiary/aromatic N) is 2. The van der Waals surface area contributed by atoms with E-state index in [1.165, 1.54) is 0 Å². The van der Waals surface area contributed by atoms with E-state index in [-0.39, 0.29) is 0 Å². The Morgan fingerprint density at radius 2 is 0.613 bits per heavy atom. The van der Waals surface area contributed by atoms with E-state index < -0.39 is 0 Å². The summed E-state index contributed by atoms with van der Waals surface area (Å²) in [6.45, 7) is 0. The van der Waals surface area contributed by atoms with Gasteiger partial charge in [-0.1, -0.05) is 36.4 Å². The molecule has 5 heterocycles. The molecule has 4 N–H and O–H groups in total. The van der Waals surface area contributed by atoms with Crippen molar-refractivity contribution in [1.82, 2.24) is 19.9 Å². The van der Waals surface area contributed by atoms with Gasteiger partial charge in [-0.3, -0.25) is 0 Å². The number of methoxy groups -OCH3 is 4. The van der Waals surface area contributed by atoms with Crippen LogP contribution in [0.4, 0.5) is 11.4 Å². The largest absolute Gasteiger partial charge is 0.496 e. The molecular weight excluding hydrogens is 773 g/mol. The molecule has 1 aliphatic rings. The highest BCUT2D eigenvalue weighted by atomic mass is 16.5. The molecule has 0 radical (unpaired) electrons. The Morgan fingerprint density at radius 1 is 0.323 bits per heavy atom. The zero-order valence-corrected chi connectivity index (χ0v) is 36.2. The fourth-order valence-corrected chi connectivity index (χ4v) is 8.54. The molecule has 0 amide bonds. The standard InChI is InChI=1S/C52H50N6O4/c1-57(2)33-19-15-31(16-20-33)47-35-23-27-39(53-35)49(51-43(59-5)11-9-12-44(51)60-6)41-29-25-37(55-41)48(32-17-21-34(22-18-32)58(3)4)38-26-30-42(56-38)50(40-28-24-36(47)54-40)52-45(61-7)13-10-14-46(52)62-8/h9-30,53-56H,1-8H3. The normalized spacial score (nSPS) is 12.4. The molecule has 0 saturated carbocycles. The number of nitrogens with one attached hydrogen (secondary N) is 4. The molecule has 8 bridgehead atoms. The van der Waals surface area contributed by atoms with Crippen molar-refractivity contribution in [3.63, 3.8) is 0 Å². The van der Waals surface area contributed by atoms with Crippen LogP contribution in [-0.2, 0) is 0 Å². The van der Waals surface area contributed by atoms with Crippen LogP contribution in [0, 0.1) is 0 Å². The zero-order valence-electron chi connectivity index (χ0n) is 36.2. The SMILES string of the molecule is COc1cccc(OC)c1C1=c2ccc([nH]2)=C(c2ccc(N(C)C)cc2)c2ccc([nH]2)C(c2c(OC)cccc2OC)=c2ccc([nH]2)=C(c2ccc(N(C)C)cc2)c2ccc1[nH]2. The number of anilines is 2. The molecular formula is C52H50N6O4. The number of hydrogen-bond acceptors (Lipinski definition) is 6. The minimum absolute atomic E-state index is 0.686. The number of ether oxygens (including phenoxy) is 4. The van der Waals surface area contributed by atoms with Crippen LogP contribution in [0.25, 0.3) is 22.3 Å². The second-order valence-corrected chi connectivity index (χ2v) is 15.6. The van der Waals surface area contributed by atoms with Crippen LogP contribution in [0.3, 0.4) is 0 Å². The average Bonchev–Trinajstić information content (AvgIpc) is 4.15. The molecule has 0 atom stereocenters. The predicted octanol–water partition coefficient (Wildman–Crippen LogP) is 6.47. The molecule has 4 aromatic carbocycles. The van der Waals surface area contributed by atoms with E-state index in [9.17, 15) is 0 Å². The van der Waals surface area contributed by atoms with E-state index in [2.05, 4.69) is 155 Å². The molecule has 0 aliphatic carbocycles. The van der Waals surface area contributed by atoms with Gasteiger partial charge in [0.15, 0.2) is 0 Å². The maximum absolute atomic E-state index is 6.06. The van der Waals surface area contributed by atoms with E-state index in [4.69, 9.17) is 18.9 Å². The van der Waals surface area contributed by atoms with E-state index in [0.717, 1.165) is 100 Å². The zero-order chi connectivity index (χ0) is 43.1. The number of benzene rings is 4. The summed E-state index contributed by atoms with van der Waals surface area (Å²) in [4.78, 5) is 19.7. The number of fused-ring (bicyclic) bond motifs is 8. The van der Waals surface area contributed by atoms with Gasteiger partial charge in [-0.25, -0.2) is 0 Å². The van der Waals surface area contributed by atoms with Gasteiger partial charge in [-0.2, -0.15) is 0 Å². The number of rotatable bonds is 10. The lowest BCUT2D eigenvalue weighted by molar-refractivity contribution is 0.392. The van der Waals surface area contributed by atoms with Crippen LogP contribution in [0.2, 0.25) is 0 Å². The fourth-order valence-electron chi connectivity index (χ4n) is 8.54. The second-order valence-electron chi connectivity index (χ2n) is 15.6. The van der Waals surface area contributed by atoms with Crippen LogP contribution >= 0.6 is 0 Å². The highest BCUT2D eigenvalue weighted by molar-refractivity contribution is 5.88. The third-order valence-corrected chi connectivity index (χ3v) is 11.6. The van der Waals surface area contributed by atoms with Gasteiger partial charge in [-0.05, 0) is 108 Å². The summed E-state index contributed by atoms with van der Waals surface area (Å²) in [6.07, 6.45) is 0. The van der Waals surface area contributed by atoms with E-state index in [1.807, 2.05) is 36.4 Å². The first kappa shape index (κ1) is 39.7. The third-order valence-electron chi connectivity index (χ3n) is 11.6. The third kappa shape index (κ3) is 6.99. The van der Waals surface area contributed by atoms with Crippen molar-refractivity contribution in [2.24, 2.45) is 0 Å². The van der Waals surface area contributed by atoms with Crippen LogP contribution in [-0.4, -0.2) is 76.6 Å². The van der Waals surface area contributed by atoms with Crippen LogP contribution in [0.1, 0.15) is 45.0 Å². The molecule has 62 heavy (non-hydrogen) atoms. The molecule has 10 heteroatoms. The lowest BCUT2D eigenvalue weighted by atomic mass is 10.00. The summed E-state index contributed by atoms with van der Waals surface area (Å²) in [7, 11) is 15.0. The van der Waals surface area contributed by atoms with Crippen molar-refractivity contribution in [3.8, 4) is 23.0 Å². The van der Waals surface area contributed by atoms with Crippen LogP contribution < -0.4 is 50.1 Å². The molecule has 9 rings (SSSR count). The summed E-state index contributed by atoms with van der Waals surface area (Å²) in [5.41, 5.74) is 13.3. The van der Waals surface area contributed by atoms with Crippen LogP contribution in [0.5, 0.6) is 23.0 Å². The molecule has 0 spiro atoms. The summed E-state index contributed by atoms with van der Waals surface area (Å²) in [5.74, 6) is 2.74. The Morgan fingerprint density at radius 3 is 0.903 bits per heavy atom. The quantitative estimate of drug-likeness (QED) is 0.126. The first-order valence-corrected chi connectivity index (χ1v) is 20.5. The number of H-pyrrole nitrogens is 4. The average molecular weight is 823 g/mol. The molecule has 4 aromatic heterocycles. The van der Waals surface area contributed by atoms with Gasteiger partial charge in [0.1, 0.15) is 23.0 Å². The van der Waals surface area contributed by atoms with Crippen molar-refractivity contribution < 1.29 is 18.9 Å². The predicted molar refractivity (Wildman–Crippen MR) is 249 cm³/mol. The molecule has 10 nitrogen and oxygen atoms in total. The second kappa shape index (κ2) is 16.4. The molecule has 0 saturated heterocycles. The Kier molecular flexibility index (Phi) is 10.5. The topological polar surface area (TPSA) is 107 Å². The summed E-state index contributed by atoms with van der Waals surface area (Å²) >= 11 is 0. The molecule has 0 fully saturated rings. The molecule has 312 valence electrons. The summed E-state index contributed by atoms with van der Waals surface area (Å²) in [5, 5.41) is 3.59. The van der Waals surface area contributed by atoms with E-state index in [1.54, 1.807) is 28.4 Å².